The van der Waals surface area contributed by atoms with E-state index < -0.39 is 0 Å². The van der Waals surface area contributed by atoms with Crippen molar-refractivity contribution in [2.24, 2.45) is 5.92 Å². The van der Waals surface area contributed by atoms with Gasteiger partial charge in [-0.2, -0.15) is 5.06 Å². The first-order chi connectivity index (χ1) is 15.7. The minimum Gasteiger partial charge on any atom is -0.462 e. The molecule has 1 N–H and O–H groups in total. The number of hydrogen-bond donors (Lipinski definition) is 1. The molecule has 0 radical (unpaired) electrons. The zero-order chi connectivity index (χ0) is 22.9. The molecule has 4 heteroatoms. The van der Waals surface area contributed by atoms with Gasteiger partial charge in [0.15, 0.2) is 0 Å². The van der Waals surface area contributed by atoms with Gasteiger partial charge in [-0.15, -0.1) is 0 Å². The van der Waals surface area contributed by atoms with Crippen LogP contribution in [0.5, 0.6) is 0 Å². The quantitative estimate of drug-likeness (QED) is 0.0870. The summed E-state index contributed by atoms with van der Waals surface area (Å²) in [5, 5.41) is 5.59. The summed E-state index contributed by atoms with van der Waals surface area (Å²) in [6.07, 6.45) is 25.8. The summed E-state index contributed by atoms with van der Waals surface area (Å²) >= 11 is 0. The van der Waals surface area contributed by atoms with Crippen LogP contribution in [0.2, 0.25) is 0 Å². The Labute approximate surface area is 196 Å². The van der Waals surface area contributed by atoms with Gasteiger partial charge in [-0.25, -0.2) is 0 Å². The smallest absolute Gasteiger partial charge is 0.126 e. The first-order valence-electron chi connectivity index (χ1n) is 12.5. The highest BCUT2D eigenvalue weighted by Crippen LogP contribution is 2.23. The second-order valence-electron chi connectivity index (χ2n) is 8.76. The van der Waals surface area contributed by atoms with Gasteiger partial charge in [0.05, 0.1) is 13.3 Å². The van der Waals surface area contributed by atoms with E-state index in [2.05, 4.69) is 49.7 Å². The van der Waals surface area contributed by atoms with Gasteiger partial charge in [-0.3, -0.25) is 4.84 Å². The van der Waals surface area contributed by atoms with E-state index in [4.69, 9.17) is 9.57 Å². The Kier molecular flexibility index (Phi) is 13.8. The molecular formula is C28H44N2O2. The second-order valence-corrected chi connectivity index (χ2v) is 8.76. The average molecular weight is 441 g/mol. The molecule has 0 amide bonds. The number of ether oxygens (including phenoxy) is 1. The number of nitrogens with one attached hydrogen (secondary N) is 1. The van der Waals surface area contributed by atoms with E-state index in [9.17, 15) is 0 Å². The van der Waals surface area contributed by atoms with E-state index in [1.807, 2.05) is 23.3 Å². The lowest BCUT2D eigenvalue weighted by molar-refractivity contribution is -0.161. The monoisotopic (exact) mass is 440 g/mol. The molecule has 0 aromatic rings. The van der Waals surface area contributed by atoms with E-state index in [1.54, 1.807) is 0 Å². The first kappa shape index (κ1) is 26.4. The van der Waals surface area contributed by atoms with Crippen molar-refractivity contribution >= 4 is 0 Å². The van der Waals surface area contributed by atoms with Crippen molar-refractivity contribution in [3.63, 3.8) is 0 Å². The molecule has 0 bridgehead atoms. The third kappa shape index (κ3) is 12.2. The zero-order valence-corrected chi connectivity index (χ0v) is 20.2. The number of unbranched alkanes of at least 4 members (excludes halogenated alkanes) is 1. The molecule has 0 spiro atoms. The maximum absolute atomic E-state index is 5.92. The molecule has 2 aliphatic rings. The van der Waals surface area contributed by atoms with Crippen molar-refractivity contribution in [2.75, 3.05) is 26.4 Å². The minimum absolute atomic E-state index is 0.720. The standard InChI is InChI=1S/C28H44N2O2/c1-4-30(24-29-23-27-18-11-12-19-27)31-22-14-13-16-25(2)15-9-10-17-26(3)32-28-20-7-5-6-8-21-28/h5,7-10,20-21,27,29H,2-4,6,11-19,22-24H2,1H3. The molecule has 2 rings (SSSR count). The maximum Gasteiger partial charge on any atom is 0.126 e. The van der Waals surface area contributed by atoms with E-state index >= 15 is 0 Å². The second kappa shape index (κ2) is 16.7. The molecule has 0 unspecified atom stereocenters. The Morgan fingerprint density at radius 2 is 1.97 bits per heavy atom. The van der Waals surface area contributed by atoms with Gasteiger partial charge in [0.25, 0.3) is 0 Å². The van der Waals surface area contributed by atoms with Crippen LogP contribution < -0.4 is 5.32 Å². The summed E-state index contributed by atoms with van der Waals surface area (Å²) in [4.78, 5) is 5.92. The lowest BCUT2D eigenvalue weighted by Crippen LogP contribution is -2.36. The predicted octanol–water partition coefficient (Wildman–Crippen LogP) is 6.97. The van der Waals surface area contributed by atoms with Crippen molar-refractivity contribution in [3.8, 4) is 0 Å². The zero-order valence-electron chi connectivity index (χ0n) is 20.2. The molecule has 0 atom stereocenters. The molecule has 1 fully saturated rings. The molecule has 178 valence electrons. The molecule has 0 heterocycles. The molecule has 32 heavy (non-hydrogen) atoms. The third-order valence-electron chi connectivity index (χ3n) is 5.88. The van der Waals surface area contributed by atoms with Gasteiger partial charge in [0, 0.05) is 13.0 Å². The molecule has 2 aliphatic carbocycles. The SMILES string of the molecule is C=C(CC=CCC(=C)OC1=CC=CCC=C1)CCCCON(CC)CNCC1CCCC1. The van der Waals surface area contributed by atoms with Crippen molar-refractivity contribution in [1.29, 1.82) is 0 Å². The fourth-order valence-corrected chi connectivity index (χ4v) is 3.93. The van der Waals surface area contributed by atoms with Gasteiger partial charge in [-0.05, 0) is 69.6 Å². The average Bonchev–Trinajstić information content (AvgIpc) is 3.18. The lowest BCUT2D eigenvalue weighted by Gasteiger charge is -2.21. The van der Waals surface area contributed by atoms with Crippen LogP contribution in [0, 0.1) is 5.92 Å². The largest absolute Gasteiger partial charge is 0.462 e. The van der Waals surface area contributed by atoms with E-state index in [0.29, 0.717) is 0 Å². The van der Waals surface area contributed by atoms with Gasteiger partial charge >= 0.3 is 0 Å². The van der Waals surface area contributed by atoms with Crippen LogP contribution in [0.1, 0.15) is 71.1 Å². The molecule has 0 aliphatic heterocycles. The fraction of sp³-hybridized carbons (Fsp3) is 0.571. The predicted molar refractivity (Wildman–Crippen MR) is 136 cm³/mol. The number of hydrogen-bond acceptors (Lipinski definition) is 4. The van der Waals surface area contributed by atoms with Crippen LogP contribution in [0.4, 0.5) is 0 Å². The summed E-state index contributed by atoms with van der Waals surface area (Å²) < 4.78 is 5.78. The number of hydroxylamine groups is 2. The fourth-order valence-electron chi connectivity index (χ4n) is 3.93. The first-order valence-corrected chi connectivity index (χ1v) is 12.5. The van der Waals surface area contributed by atoms with Gasteiger partial charge < -0.3 is 10.1 Å². The van der Waals surface area contributed by atoms with Gasteiger partial charge in [0.2, 0.25) is 0 Å². The van der Waals surface area contributed by atoms with Crippen LogP contribution in [0.3, 0.4) is 0 Å². The van der Waals surface area contributed by atoms with E-state index in [-0.39, 0.29) is 0 Å². The molecular weight excluding hydrogens is 396 g/mol. The Morgan fingerprint density at radius 3 is 2.78 bits per heavy atom. The van der Waals surface area contributed by atoms with Crippen LogP contribution >= 0.6 is 0 Å². The van der Waals surface area contributed by atoms with Gasteiger partial charge in [-0.1, -0.05) is 68.9 Å². The van der Waals surface area contributed by atoms with Crippen LogP contribution in [-0.2, 0) is 9.57 Å². The van der Waals surface area contributed by atoms with E-state index in [1.165, 1.54) is 31.3 Å². The molecule has 4 nitrogen and oxygen atoms in total. The summed E-state index contributed by atoms with van der Waals surface area (Å²) in [6.45, 7) is 14.0. The topological polar surface area (TPSA) is 33.7 Å². The minimum atomic E-state index is 0.720. The highest BCUT2D eigenvalue weighted by Gasteiger charge is 2.14. The summed E-state index contributed by atoms with van der Waals surface area (Å²) in [7, 11) is 0. The van der Waals surface area contributed by atoms with Crippen molar-refractivity contribution in [2.45, 2.75) is 71.1 Å². The Hall–Kier alpha value is -1.88. The van der Waals surface area contributed by atoms with Crippen molar-refractivity contribution < 1.29 is 9.57 Å². The normalized spacial score (nSPS) is 16.6. The van der Waals surface area contributed by atoms with E-state index in [0.717, 1.165) is 82.3 Å². The van der Waals surface area contributed by atoms with Crippen LogP contribution in [0.15, 0.2) is 72.8 Å². The summed E-state index contributed by atoms with van der Waals surface area (Å²) in [5.41, 5.74) is 1.26. The molecule has 1 saturated carbocycles. The number of nitrogens with zero attached hydrogens (tertiary/aromatic N) is 1. The molecule has 0 aromatic heterocycles. The van der Waals surface area contributed by atoms with Crippen molar-refractivity contribution in [3.05, 3.63) is 72.8 Å². The number of allylic oxidation sites excluding steroid dienone is 8. The van der Waals surface area contributed by atoms with Gasteiger partial charge in [0.1, 0.15) is 11.5 Å². The highest BCUT2D eigenvalue weighted by atomic mass is 16.7. The summed E-state index contributed by atoms with van der Waals surface area (Å²) in [5.74, 6) is 2.47. The Morgan fingerprint density at radius 1 is 1.16 bits per heavy atom. The highest BCUT2D eigenvalue weighted by molar-refractivity contribution is 5.24. The molecule has 0 saturated heterocycles. The maximum atomic E-state index is 5.92. The lowest BCUT2D eigenvalue weighted by atomic mass is 10.1. The summed E-state index contributed by atoms with van der Waals surface area (Å²) in [6, 6.07) is 0. The Balaban J connectivity index is 1.46. The third-order valence-corrected chi connectivity index (χ3v) is 5.88. The molecule has 0 aromatic carbocycles. The van der Waals surface area contributed by atoms with Crippen LogP contribution in [-0.4, -0.2) is 31.4 Å². The van der Waals surface area contributed by atoms with Crippen molar-refractivity contribution in [1.82, 2.24) is 10.4 Å². The van der Waals surface area contributed by atoms with Crippen LogP contribution in [0.25, 0.3) is 0 Å². The Bertz CT molecular complexity index is 669. The number of rotatable bonds is 17.